The Labute approximate surface area is 77.2 Å². The number of nitrogens with two attached hydrogens (primary N) is 1. The van der Waals surface area contributed by atoms with Crippen molar-refractivity contribution in [2.24, 2.45) is 15.7 Å². The van der Waals surface area contributed by atoms with Crippen LogP contribution in [0.2, 0.25) is 0 Å². The number of aliphatic imine (C=N–C) groups is 2. The van der Waals surface area contributed by atoms with E-state index in [9.17, 15) is 0 Å². The minimum absolute atomic E-state index is 0.0171. The summed E-state index contributed by atoms with van der Waals surface area (Å²) in [4.78, 5) is 10.4. The lowest BCUT2D eigenvalue weighted by atomic mass is 10.2. The highest BCUT2D eigenvalue weighted by Gasteiger charge is 2.19. The summed E-state index contributed by atoms with van der Waals surface area (Å²) >= 11 is 0. The molecule has 0 aromatic rings. The summed E-state index contributed by atoms with van der Waals surface area (Å²) in [5, 5.41) is 0. The van der Waals surface area contributed by atoms with Gasteiger partial charge in [-0.05, 0) is 19.1 Å². The van der Waals surface area contributed by atoms with Gasteiger partial charge in [-0.2, -0.15) is 0 Å². The molecule has 0 fully saturated rings. The average Bonchev–Trinajstić information content (AvgIpc) is 2.17. The van der Waals surface area contributed by atoms with Crippen molar-refractivity contribution in [1.82, 2.24) is 4.90 Å². The average molecular weight is 176 g/mol. The third-order valence-electron chi connectivity index (χ3n) is 2.06. The Hall–Kier alpha value is -1.42. The van der Waals surface area contributed by atoms with E-state index in [4.69, 9.17) is 5.73 Å². The molecule has 0 saturated heterocycles. The number of hydrogen-bond donors (Lipinski definition) is 1. The first kappa shape index (κ1) is 8.19. The standard InChI is InChI=1S/C9H12N4/c1-7(10)8-2-5-12-9-3-4-11-6-13(8)9/h2-5,7H,6,10H2,1H3. The number of fused-ring (bicyclic) bond motifs is 1. The first-order valence-electron chi connectivity index (χ1n) is 4.26. The van der Waals surface area contributed by atoms with Crippen molar-refractivity contribution in [2.75, 3.05) is 6.67 Å². The van der Waals surface area contributed by atoms with Crippen LogP contribution in [0.25, 0.3) is 0 Å². The Morgan fingerprint density at radius 2 is 2.31 bits per heavy atom. The van der Waals surface area contributed by atoms with Crippen molar-refractivity contribution >= 4 is 12.4 Å². The zero-order valence-corrected chi connectivity index (χ0v) is 7.51. The fourth-order valence-electron chi connectivity index (χ4n) is 1.41. The lowest BCUT2D eigenvalue weighted by molar-refractivity contribution is 0.403. The van der Waals surface area contributed by atoms with Crippen molar-refractivity contribution in [2.45, 2.75) is 13.0 Å². The number of rotatable bonds is 1. The fraction of sp³-hybridized carbons (Fsp3) is 0.333. The first-order chi connectivity index (χ1) is 6.29. The molecule has 2 aliphatic heterocycles. The third-order valence-corrected chi connectivity index (χ3v) is 2.06. The molecule has 0 saturated carbocycles. The van der Waals surface area contributed by atoms with E-state index in [-0.39, 0.29) is 6.04 Å². The second kappa shape index (κ2) is 3.14. The van der Waals surface area contributed by atoms with E-state index in [2.05, 4.69) is 9.98 Å². The molecule has 2 heterocycles. The van der Waals surface area contributed by atoms with Gasteiger partial charge in [0.05, 0.1) is 0 Å². The predicted octanol–water partition coefficient (Wildman–Crippen LogP) is 0.487. The molecule has 0 aromatic carbocycles. The molecule has 0 radical (unpaired) electrons. The van der Waals surface area contributed by atoms with Crippen LogP contribution < -0.4 is 5.73 Å². The fourth-order valence-corrected chi connectivity index (χ4v) is 1.41. The molecule has 0 spiro atoms. The lowest BCUT2D eigenvalue weighted by Crippen LogP contribution is -2.35. The molecule has 0 bridgehead atoms. The van der Waals surface area contributed by atoms with Crippen LogP contribution in [0.1, 0.15) is 6.92 Å². The molecule has 1 atom stereocenters. The molecule has 4 nitrogen and oxygen atoms in total. The molecule has 2 rings (SSSR count). The number of allylic oxidation sites excluding steroid dienone is 2. The van der Waals surface area contributed by atoms with Gasteiger partial charge >= 0.3 is 0 Å². The highest BCUT2D eigenvalue weighted by Crippen LogP contribution is 2.20. The molecular weight excluding hydrogens is 164 g/mol. The Balaban J connectivity index is 2.32. The maximum atomic E-state index is 5.82. The van der Waals surface area contributed by atoms with Crippen molar-refractivity contribution in [1.29, 1.82) is 0 Å². The Morgan fingerprint density at radius 3 is 3.08 bits per heavy atom. The van der Waals surface area contributed by atoms with Gasteiger partial charge in [0.25, 0.3) is 0 Å². The van der Waals surface area contributed by atoms with Crippen molar-refractivity contribution in [3.8, 4) is 0 Å². The van der Waals surface area contributed by atoms with Crippen molar-refractivity contribution in [3.63, 3.8) is 0 Å². The van der Waals surface area contributed by atoms with Gasteiger partial charge in [-0.3, -0.25) is 4.99 Å². The third kappa shape index (κ3) is 1.40. The summed E-state index contributed by atoms with van der Waals surface area (Å²) in [6.07, 6.45) is 7.37. The van der Waals surface area contributed by atoms with Crippen LogP contribution in [-0.4, -0.2) is 30.0 Å². The topological polar surface area (TPSA) is 54.0 Å². The van der Waals surface area contributed by atoms with E-state index in [0.29, 0.717) is 6.67 Å². The van der Waals surface area contributed by atoms with Crippen LogP contribution in [0.5, 0.6) is 0 Å². The van der Waals surface area contributed by atoms with Gasteiger partial charge in [0.15, 0.2) is 0 Å². The zero-order valence-electron chi connectivity index (χ0n) is 7.51. The molecule has 0 amide bonds. The minimum Gasteiger partial charge on any atom is -0.323 e. The second-order valence-corrected chi connectivity index (χ2v) is 3.08. The summed E-state index contributed by atoms with van der Waals surface area (Å²) in [7, 11) is 0. The molecular formula is C9H12N4. The van der Waals surface area contributed by atoms with Gasteiger partial charge in [0, 0.05) is 24.2 Å². The monoisotopic (exact) mass is 176 g/mol. The molecule has 13 heavy (non-hydrogen) atoms. The molecule has 2 aliphatic rings. The summed E-state index contributed by atoms with van der Waals surface area (Å²) in [5.41, 5.74) is 6.89. The van der Waals surface area contributed by atoms with Crippen LogP contribution in [0, 0.1) is 0 Å². The summed E-state index contributed by atoms with van der Waals surface area (Å²) in [5.74, 6) is 0.921. The quantitative estimate of drug-likeness (QED) is 0.632. The maximum absolute atomic E-state index is 5.82. The summed E-state index contributed by atoms with van der Waals surface area (Å²) < 4.78 is 0. The summed E-state index contributed by atoms with van der Waals surface area (Å²) in [6, 6.07) is 0.0171. The van der Waals surface area contributed by atoms with Crippen LogP contribution in [0.3, 0.4) is 0 Å². The highest BCUT2D eigenvalue weighted by molar-refractivity contribution is 5.79. The van der Waals surface area contributed by atoms with E-state index in [1.165, 1.54) is 0 Å². The number of nitrogens with zero attached hydrogens (tertiary/aromatic N) is 3. The van der Waals surface area contributed by atoms with Gasteiger partial charge < -0.3 is 10.6 Å². The molecule has 2 N–H and O–H groups in total. The maximum Gasteiger partial charge on any atom is 0.135 e. The van der Waals surface area contributed by atoms with Crippen molar-refractivity contribution < 1.29 is 0 Å². The predicted molar refractivity (Wildman–Crippen MR) is 53.5 cm³/mol. The van der Waals surface area contributed by atoms with Crippen molar-refractivity contribution in [3.05, 3.63) is 23.7 Å². The van der Waals surface area contributed by atoms with Gasteiger partial charge in [-0.25, -0.2) is 4.99 Å². The van der Waals surface area contributed by atoms with E-state index in [0.717, 1.165) is 11.5 Å². The van der Waals surface area contributed by atoms with Crippen LogP contribution in [0.4, 0.5) is 0 Å². The van der Waals surface area contributed by atoms with Crippen LogP contribution in [-0.2, 0) is 0 Å². The Kier molecular flexibility index (Phi) is 1.98. The van der Waals surface area contributed by atoms with E-state index >= 15 is 0 Å². The molecule has 0 aliphatic carbocycles. The van der Waals surface area contributed by atoms with Crippen LogP contribution in [0.15, 0.2) is 33.7 Å². The van der Waals surface area contributed by atoms with E-state index in [1.54, 1.807) is 12.4 Å². The molecule has 68 valence electrons. The molecule has 4 heteroatoms. The minimum atomic E-state index is 0.0171. The first-order valence-corrected chi connectivity index (χ1v) is 4.26. The van der Waals surface area contributed by atoms with Gasteiger partial charge in [-0.15, -0.1) is 0 Å². The SMILES string of the molecule is CC(N)C1=CC=NC2=CC=NCN21. The molecule has 0 aromatic heterocycles. The van der Waals surface area contributed by atoms with Gasteiger partial charge in [-0.1, -0.05) is 0 Å². The highest BCUT2D eigenvalue weighted by atomic mass is 15.3. The zero-order chi connectivity index (χ0) is 9.26. The lowest BCUT2D eigenvalue weighted by Gasteiger charge is -2.31. The largest absolute Gasteiger partial charge is 0.323 e. The smallest absolute Gasteiger partial charge is 0.135 e. The van der Waals surface area contributed by atoms with Crippen LogP contribution >= 0.6 is 0 Å². The molecule has 1 unspecified atom stereocenters. The normalized spacial score (nSPS) is 22.2. The second-order valence-electron chi connectivity index (χ2n) is 3.08. The Bertz CT molecular complexity index is 323. The van der Waals surface area contributed by atoms with E-state index < -0.39 is 0 Å². The van der Waals surface area contributed by atoms with E-state index in [1.807, 2.05) is 24.0 Å². The number of hydrogen-bond acceptors (Lipinski definition) is 4. The Morgan fingerprint density at radius 1 is 1.46 bits per heavy atom. The summed E-state index contributed by atoms with van der Waals surface area (Å²) in [6.45, 7) is 2.58. The van der Waals surface area contributed by atoms with Gasteiger partial charge in [0.1, 0.15) is 12.5 Å². The van der Waals surface area contributed by atoms with Gasteiger partial charge in [0.2, 0.25) is 0 Å².